The molecule has 0 aliphatic rings. The highest BCUT2D eigenvalue weighted by molar-refractivity contribution is 8.00. The molecule has 0 radical (unpaired) electrons. The Morgan fingerprint density at radius 1 is 1.39 bits per heavy atom. The highest BCUT2D eigenvalue weighted by Gasteiger charge is 2.12. The number of benzene rings is 1. The molecule has 0 aliphatic heterocycles. The van der Waals surface area contributed by atoms with Gasteiger partial charge in [-0.25, -0.2) is 0 Å². The number of nitro benzene ring substituents is 1. The van der Waals surface area contributed by atoms with Crippen molar-refractivity contribution in [1.82, 2.24) is 0 Å². The number of nitro groups is 1. The van der Waals surface area contributed by atoms with Gasteiger partial charge in [0.05, 0.1) is 23.5 Å². The third-order valence-corrected chi connectivity index (χ3v) is 2.97. The summed E-state index contributed by atoms with van der Waals surface area (Å²) in [6, 6.07) is 5.50. The molecular formula is C11H11NO5S. The molecule has 0 heterocycles. The quantitative estimate of drug-likeness (QED) is 0.338. The molecule has 0 aliphatic carbocycles. The second-order valence-electron chi connectivity index (χ2n) is 3.30. The van der Waals surface area contributed by atoms with Gasteiger partial charge in [-0.05, 0) is 0 Å². The van der Waals surface area contributed by atoms with Crippen LogP contribution in [0, 0.1) is 10.1 Å². The summed E-state index contributed by atoms with van der Waals surface area (Å²) in [5, 5.41) is 10.5. The number of esters is 1. The third-order valence-electron chi connectivity index (χ3n) is 2.06. The lowest BCUT2D eigenvalue weighted by molar-refractivity contribution is -0.384. The van der Waals surface area contributed by atoms with E-state index >= 15 is 0 Å². The lowest BCUT2D eigenvalue weighted by Gasteiger charge is -2.01. The van der Waals surface area contributed by atoms with Crippen LogP contribution in [0.1, 0.15) is 10.4 Å². The van der Waals surface area contributed by atoms with Gasteiger partial charge in [-0.15, -0.1) is 11.8 Å². The second-order valence-corrected chi connectivity index (χ2v) is 4.29. The number of hydrogen-bond donors (Lipinski definition) is 0. The van der Waals surface area contributed by atoms with Crippen molar-refractivity contribution >= 4 is 29.2 Å². The summed E-state index contributed by atoms with van der Waals surface area (Å²) in [4.78, 5) is 32.5. The molecule has 0 bridgehead atoms. The zero-order chi connectivity index (χ0) is 13.5. The van der Waals surface area contributed by atoms with Gasteiger partial charge < -0.3 is 4.74 Å². The van der Waals surface area contributed by atoms with E-state index < -0.39 is 10.9 Å². The summed E-state index contributed by atoms with van der Waals surface area (Å²) >= 11 is 1.11. The number of Topliss-reactive ketones (excluding diaryl/α,β-unsaturated/α-hetero) is 1. The van der Waals surface area contributed by atoms with Crippen LogP contribution in [0.4, 0.5) is 5.69 Å². The molecular weight excluding hydrogens is 258 g/mol. The number of non-ortho nitro benzene ring substituents is 1. The van der Waals surface area contributed by atoms with Crippen LogP contribution >= 0.6 is 11.8 Å². The van der Waals surface area contributed by atoms with Crippen molar-refractivity contribution in [3.63, 3.8) is 0 Å². The number of ether oxygens (including phenoxy) is 1. The number of hydrogen-bond acceptors (Lipinski definition) is 6. The van der Waals surface area contributed by atoms with E-state index in [1.807, 2.05) is 0 Å². The highest BCUT2D eigenvalue weighted by Crippen LogP contribution is 2.15. The first kappa shape index (κ1) is 14.2. The highest BCUT2D eigenvalue weighted by atomic mass is 32.2. The summed E-state index contributed by atoms with van der Waals surface area (Å²) in [6.07, 6.45) is 0. The Hall–Kier alpha value is -1.89. The molecule has 0 aromatic heterocycles. The van der Waals surface area contributed by atoms with Gasteiger partial charge in [-0.3, -0.25) is 19.7 Å². The van der Waals surface area contributed by atoms with E-state index in [1.165, 1.54) is 31.4 Å². The third kappa shape index (κ3) is 4.17. The van der Waals surface area contributed by atoms with E-state index in [9.17, 15) is 19.7 Å². The van der Waals surface area contributed by atoms with E-state index in [1.54, 1.807) is 0 Å². The number of thioether (sulfide) groups is 1. The van der Waals surface area contributed by atoms with E-state index in [2.05, 4.69) is 4.74 Å². The molecule has 1 rings (SSSR count). The van der Waals surface area contributed by atoms with E-state index in [0.29, 0.717) is 0 Å². The normalized spacial score (nSPS) is 9.83. The molecule has 0 saturated carbocycles. The fourth-order valence-corrected chi connectivity index (χ4v) is 1.90. The summed E-state index contributed by atoms with van der Waals surface area (Å²) in [6.45, 7) is 0. The monoisotopic (exact) mass is 269 g/mol. The lowest BCUT2D eigenvalue weighted by atomic mass is 10.1. The second kappa shape index (κ2) is 6.75. The van der Waals surface area contributed by atoms with Crippen molar-refractivity contribution in [2.45, 2.75) is 0 Å². The predicted molar refractivity (Wildman–Crippen MR) is 66.8 cm³/mol. The molecule has 0 fully saturated rings. The number of nitrogens with zero attached hydrogens (tertiary/aromatic N) is 1. The predicted octanol–water partition coefficient (Wildman–Crippen LogP) is 1.68. The van der Waals surface area contributed by atoms with Crippen LogP contribution in [0.3, 0.4) is 0 Å². The molecule has 0 unspecified atom stereocenters. The van der Waals surface area contributed by atoms with Crippen LogP contribution < -0.4 is 0 Å². The van der Waals surface area contributed by atoms with Gasteiger partial charge in [-0.1, -0.05) is 12.1 Å². The van der Waals surface area contributed by atoms with Crippen LogP contribution in [0.15, 0.2) is 24.3 Å². The zero-order valence-corrected chi connectivity index (χ0v) is 10.4. The van der Waals surface area contributed by atoms with Crippen LogP contribution in [-0.2, 0) is 9.53 Å². The maximum atomic E-state index is 11.7. The Kier molecular flexibility index (Phi) is 5.31. The molecule has 0 spiro atoms. The first-order chi connectivity index (χ1) is 8.54. The Bertz CT molecular complexity index is 474. The van der Waals surface area contributed by atoms with Crippen molar-refractivity contribution in [3.05, 3.63) is 39.9 Å². The van der Waals surface area contributed by atoms with Crippen LogP contribution in [0.2, 0.25) is 0 Å². The lowest BCUT2D eigenvalue weighted by Crippen LogP contribution is -2.08. The zero-order valence-electron chi connectivity index (χ0n) is 9.62. The largest absolute Gasteiger partial charge is 0.468 e. The number of ketones is 1. The molecule has 1 aromatic rings. The molecule has 0 N–H and O–H groups in total. The number of rotatable bonds is 6. The molecule has 18 heavy (non-hydrogen) atoms. The van der Waals surface area contributed by atoms with E-state index in [4.69, 9.17) is 0 Å². The van der Waals surface area contributed by atoms with E-state index in [-0.39, 0.29) is 28.5 Å². The molecule has 0 amide bonds. The van der Waals surface area contributed by atoms with Crippen molar-refractivity contribution < 1.29 is 19.2 Å². The molecule has 1 aromatic carbocycles. The summed E-state index contributed by atoms with van der Waals surface area (Å²) in [5.74, 6) is -0.507. The first-order valence-corrected chi connectivity index (χ1v) is 6.12. The fourth-order valence-electron chi connectivity index (χ4n) is 1.16. The van der Waals surface area contributed by atoms with Gasteiger partial charge in [0, 0.05) is 17.7 Å². The minimum Gasteiger partial charge on any atom is -0.468 e. The summed E-state index contributed by atoms with van der Waals surface area (Å²) < 4.78 is 4.43. The first-order valence-electron chi connectivity index (χ1n) is 4.97. The Labute approximate surface area is 107 Å². The average molecular weight is 269 g/mol. The summed E-state index contributed by atoms with van der Waals surface area (Å²) in [5.41, 5.74) is 0.139. The number of carbonyl (C=O) groups excluding carboxylic acids is 2. The van der Waals surface area contributed by atoms with Gasteiger partial charge in [-0.2, -0.15) is 0 Å². The van der Waals surface area contributed by atoms with Crippen molar-refractivity contribution in [1.29, 1.82) is 0 Å². The average Bonchev–Trinajstić information content (AvgIpc) is 2.38. The maximum absolute atomic E-state index is 11.7. The minimum absolute atomic E-state index is 0.0796. The van der Waals surface area contributed by atoms with Gasteiger partial charge in [0.1, 0.15) is 0 Å². The summed E-state index contributed by atoms with van der Waals surface area (Å²) in [7, 11) is 1.27. The number of carbonyl (C=O) groups is 2. The van der Waals surface area contributed by atoms with Crippen LogP contribution in [-0.4, -0.2) is 35.3 Å². The molecule has 0 atom stereocenters. The molecule has 96 valence electrons. The van der Waals surface area contributed by atoms with Gasteiger partial charge >= 0.3 is 5.97 Å². The van der Waals surface area contributed by atoms with Crippen LogP contribution in [0.5, 0.6) is 0 Å². The van der Waals surface area contributed by atoms with Gasteiger partial charge in [0.2, 0.25) is 0 Å². The Morgan fingerprint density at radius 3 is 2.72 bits per heavy atom. The van der Waals surface area contributed by atoms with E-state index in [0.717, 1.165) is 11.8 Å². The Balaban J connectivity index is 2.59. The van der Waals surface area contributed by atoms with Crippen LogP contribution in [0.25, 0.3) is 0 Å². The molecule has 0 saturated heterocycles. The smallest absolute Gasteiger partial charge is 0.315 e. The Morgan fingerprint density at radius 2 is 2.11 bits per heavy atom. The van der Waals surface area contributed by atoms with Crippen molar-refractivity contribution in [2.75, 3.05) is 18.6 Å². The number of methoxy groups -OCH3 is 1. The SMILES string of the molecule is COC(=O)CSCC(=O)c1cccc([N+](=O)[O-])c1. The maximum Gasteiger partial charge on any atom is 0.315 e. The molecule has 6 nitrogen and oxygen atoms in total. The van der Waals surface area contributed by atoms with Gasteiger partial charge in [0.25, 0.3) is 5.69 Å². The van der Waals surface area contributed by atoms with Crippen molar-refractivity contribution in [3.8, 4) is 0 Å². The standard InChI is InChI=1S/C11H11NO5S/c1-17-11(14)7-18-6-10(13)8-3-2-4-9(5-8)12(15)16/h2-5H,6-7H2,1H3. The van der Waals surface area contributed by atoms with Crippen molar-refractivity contribution in [2.24, 2.45) is 0 Å². The molecule has 7 heteroatoms. The minimum atomic E-state index is -0.557. The fraction of sp³-hybridized carbons (Fsp3) is 0.273. The topological polar surface area (TPSA) is 86.5 Å². The van der Waals surface area contributed by atoms with Gasteiger partial charge in [0.15, 0.2) is 5.78 Å².